The van der Waals surface area contributed by atoms with Gasteiger partial charge < -0.3 is 4.90 Å². The Morgan fingerprint density at radius 1 is 1.27 bits per heavy atom. The van der Waals surface area contributed by atoms with Crippen LogP contribution in [0.5, 0.6) is 0 Å². The predicted octanol–water partition coefficient (Wildman–Crippen LogP) is -2.10. The maximum Gasteiger partial charge on any atom is 0.244 e. The molecule has 3 N–H and O–H groups in total. The summed E-state index contributed by atoms with van der Waals surface area (Å²) in [6.45, 7) is 1.85. The van der Waals surface area contributed by atoms with Crippen molar-refractivity contribution in [2.45, 2.75) is 10.9 Å². The molecule has 2 fully saturated rings. The first kappa shape index (κ1) is 15.3. The Morgan fingerprint density at radius 2 is 2.05 bits per heavy atom. The molecule has 120 valence electrons. The summed E-state index contributed by atoms with van der Waals surface area (Å²) in [4.78, 5) is 17.9. The summed E-state index contributed by atoms with van der Waals surface area (Å²) in [6.07, 6.45) is 2.87. The number of nitrogens with zero attached hydrogens (tertiary/aromatic N) is 3. The largest absolute Gasteiger partial charge is 0.339 e. The zero-order chi connectivity index (χ0) is 15.6. The number of amides is 1. The van der Waals surface area contributed by atoms with E-state index in [1.807, 2.05) is 0 Å². The summed E-state index contributed by atoms with van der Waals surface area (Å²) in [5, 5.41) is 0. The van der Waals surface area contributed by atoms with E-state index < -0.39 is 10.0 Å². The first-order valence-electron chi connectivity index (χ1n) is 7.01. The maximum atomic E-state index is 12.5. The second-order valence-electron chi connectivity index (χ2n) is 5.12. The zero-order valence-electron chi connectivity index (χ0n) is 11.9. The lowest BCUT2D eigenvalue weighted by atomic mass is 10.2. The predicted molar refractivity (Wildman–Crippen MR) is 77.6 cm³/mol. The molecule has 3 heterocycles. The van der Waals surface area contributed by atoms with Crippen LogP contribution in [-0.2, 0) is 14.8 Å². The highest BCUT2D eigenvalue weighted by Crippen LogP contribution is 2.16. The average Bonchev–Trinajstić information content (AvgIpc) is 3.09. The van der Waals surface area contributed by atoms with E-state index in [9.17, 15) is 13.2 Å². The molecule has 2 aliphatic rings. The van der Waals surface area contributed by atoms with Gasteiger partial charge in [-0.1, -0.05) is 0 Å². The van der Waals surface area contributed by atoms with Gasteiger partial charge in [0.25, 0.3) is 0 Å². The normalized spacial score (nSPS) is 23.6. The molecule has 0 aliphatic carbocycles. The third kappa shape index (κ3) is 2.96. The Bertz CT molecular complexity index is 624. The molecule has 0 bridgehead atoms. The van der Waals surface area contributed by atoms with E-state index in [4.69, 9.17) is 0 Å². The standard InChI is InChI=1S/C12H18N6O3S/c19-12(11-9-14-16-15-11)17-4-6-18(7-5-17)22(20,21)10-2-1-3-13-8-10/h1-3,8,11,14-16H,4-7,9H2. The molecule has 1 aromatic rings. The molecule has 2 saturated heterocycles. The van der Waals surface area contributed by atoms with Crippen molar-refractivity contribution in [1.82, 2.24) is 30.6 Å². The van der Waals surface area contributed by atoms with Gasteiger partial charge in [-0.3, -0.25) is 9.78 Å². The van der Waals surface area contributed by atoms with Crippen LogP contribution < -0.4 is 16.4 Å². The molecule has 0 saturated carbocycles. The van der Waals surface area contributed by atoms with Crippen molar-refractivity contribution in [1.29, 1.82) is 0 Å². The number of carbonyl (C=O) groups is 1. The second-order valence-corrected chi connectivity index (χ2v) is 7.06. The Balaban J connectivity index is 1.63. The number of hydrazine groups is 2. The Morgan fingerprint density at radius 3 is 2.64 bits per heavy atom. The van der Waals surface area contributed by atoms with Crippen molar-refractivity contribution < 1.29 is 13.2 Å². The molecule has 3 rings (SSSR count). The van der Waals surface area contributed by atoms with Gasteiger partial charge in [0, 0.05) is 45.1 Å². The Hall–Kier alpha value is -1.59. The summed E-state index contributed by atoms with van der Waals surface area (Å²) in [5.74, 6) is -0.0316. The SMILES string of the molecule is O=C(C1CNNN1)N1CCN(S(=O)(=O)c2cccnc2)CC1. The lowest BCUT2D eigenvalue weighted by molar-refractivity contribution is -0.134. The Labute approximate surface area is 128 Å². The smallest absolute Gasteiger partial charge is 0.244 e. The minimum atomic E-state index is -3.54. The summed E-state index contributed by atoms with van der Waals surface area (Å²) in [5.41, 5.74) is 8.34. The molecule has 0 radical (unpaired) electrons. The van der Waals surface area contributed by atoms with Crippen molar-refractivity contribution in [3.63, 3.8) is 0 Å². The quantitative estimate of drug-likeness (QED) is 0.584. The van der Waals surface area contributed by atoms with Crippen LogP contribution in [0, 0.1) is 0 Å². The van der Waals surface area contributed by atoms with E-state index in [-0.39, 0.29) is 29.9 Å². The van der Waals surface area contributed by atoms with Crippen molar-refractivity contribution in [2.75, 3.05) is 32.7 Å². The first-order chi connectivity index (χ1) is 10.6. The van der Waals surface area contributed by atoms with Gasteiger partial charge >= 0.3 is 0 Å². The average molecular weight is 326 g/mol. The fourth-order valence-corrected chi connectivity index (χ4v) is 3.90. The number of aromatic nitrogens is 1. The number of sulfonamides is 1. The van der Waals surface area contributed by atoms with Gasteiger partial charge in [0.05, 0.1) is 0 Å². The lowest BCUT2D eigenvalue weighted by Crippen LogP contribution is -2.55. The molecule has 1 amide bonds. The number of pyridine rings is 1. The summed E-state index contributed by atoms with van der Waals surface area (Å²) < 4.78 is 26.3. The van der Waals surface area contributed by atoms with Crippen LogP contribution in [0.2, 0.25) is 0 Å². The highest BCUT2D eigenvalue weighted by Gasteiger charge is 2.33. The molecule has 0 spiro atoms. The van der Waals surface area contributed by atoms with E-state index in [2.05, 4.69) is 21.4 Å². The van der Waals surface area contributed by atoms with Gasteiger partial charge in [-0.25, -0.2) is 19.3 Å². The number of carbonyl (C=O) groups excluding carboxylic acids is 1. The van der Waals surface area contributed by atoms with Gasteiger partial charge in [0.15, 0.2) is 0 Å². The van der Waals surface area contributed by atoms with Gasteiger partial charge in [-0.05, 0) is 12.1 Å². The molecule has 9 nitrogen and oxygen atoms in total. The fourth-order valence-electron chi connectivity index (χ4n) is 2.51. The molecular weight excluding hydrogens is 308 g/mol. The monoisotopic (exact) mass is 326 g/mol. The maximum absolute atomic E-state index is 12.5. The summed E-state index contributed by atoms with van der Waals surface area (Å²) >= 11 is 0. The number of piperazine rings is 1. The molecule has 10 heteroatoms. The zero-order valence-corrected chi connectivity index (χ0v) is 12.7. The van der Waals surface area contributed by atoms with Gasteiger partial charge in [-0.15, -0.1) is 0 Å². The molecule has 1 atom stereocenters. The number of hydrogen-bond acceptors (Lipinski definition) is 7. The minimum absolute atomic E-state index is 0.0316. The van der Waals surface area contributed by atoms with Crippen LogP contribution in [0.4, 0.5) is 0 Å². The topological polar surface area (TPSA) is 107 Å². The molecule has 1 unspecified atom stereocenters. The first-order valence-corrected chi connectivity index (χ1v) is 8.45. The second kappa shape index (κ2) is 6.26. The van der Waals surface area contributed by atoms with E-state index in [0.717, 1.165) is 0 Å². The highest BCUT2D eigenvalue weighted by molar-refractivity contribution is 7.89. The van der Waals surface area contributed by atoms with E-state index in [1.54, 1.807) is 11.0 Å². The van der Waals surface area contributed by atoms with Crippen molar-refractivity contribution in [3.8, 4) is 0 Å². The van der Waals surface area contributed by atoms with E-state index >= 15 is 0 Å². The van der Waals surface area contributed by atoms with Crippen LogP contribution in [0.15, 0.2) is 29.4 Å². The highest BCUT2D eigenvalue weighted by atomic mass is 32.2. The Kier molecular flexibility index (Phi) is 4.36. The van der Waals surface area contributed by atoms with Gasteiger partial charge in [0.2, 0.25) is 15.9 Å². The molecular formula is C12H18N6O3S. The summed E-state index contributed by atoms with van der Waals surface area (Å²) in [7, 11) is -3.54. The molecule has 22 heavy (non-hydrogen) atoms. The van der Waals surface area contributed by atoms with Crippen LogP contribution >= 0.6 is 0 Å². The number of hydrogen-bond donors (Lipinski definition) is 3. The van der Waals surface area contributed by atoms with Crippen molar-refractivity contribution >= 4 is 15.9 Å². The minimum Gasteiger partial charge on any atom is -0.339 e. The number of rotatable bonds is 3. The van der Waals surface area contributed by atoms with Crippen LogP contribution in [-0.4, -0.2) is 67.3 Å². The van der Waals surface area contributed by atoms with E-state index in [1.165, 1.54) is 22.8 Å². The third-order valence-corrected chi connectivity index (χ3v) is 5.64. The van der Waals surface area contributed by atoms with Crippen LogP contribution in [0.3, 0.4) is 0 Å². The van der Waals surface area contributed by atoms with Gasteiger partial charge in [-0.2, -0.15) is 9.84 Å². The van der Waals surface area contributed by atoms with Crippen molar-refractivity contribution in [2.24, 2.45) is 0 Å². The van der Waals surface area contributed by atoms with Crippen molar-refractivity contribution in [3.05, 3.63) is 24.5 Å². The van der Waals surface area contributed by atoms with Gasteiger partial charge in [0.1, 0.15) is 10.9 Å². The molecule has 0 aromatic carbocycles. The molecule has 1 aromatic heterocycles. The van der Waals surface area contributed by atoms with Crippen LogP contribution in [0.25, 0.3) is 0 Å². The van der Waals surface area contributed by atoms with E-state index in [0.29, 0.717) is 19.6 Å². The third-order valence-electron chi connectivity index (χ3n) is 3.76. The summed E-state index contributed by atoms with van der Waals surface area (Å²) in [6, 6.07) is 2.81. The van der Waals surface area contributed by atoms with Crippen LogP contribution in [0.1, 0.15) is 0 Å². The fraction of sp³-hybridized carbons (Fsp3) is 0.500. The lowest BCUT2D eigenvalue weighted by Gasteiger charge is -2.34. The molecule has 2 aliphatic heterocycles. The number of nitrogens with one attached hydrogen (secondary N) is 3.